The second kappa shape index (κ2) is 20.1. The minimum absolute atomic E-state index is 0.0198. The van der Waals surface area contributed by atoms with E-state index in [0.29, 0.717) is 12.5 Å². The van der Waals surface area contributed by atoms with Gasteiger partial charge in [-0.3, -0.25) is 13.9 Å². The molecular weight excluding hydrogens is 752 g/mol. The van der Waals surface area contributed by atoms with Gasteiger partial charge in [0.15, 0.2) is 22.6 Å². The second-order valence-electron chi connectivity index (χ2n) is 13.7. The first kappa shape index (κ1) is 42.6. The Kier molecular flexibility index (Phi) is 15.3. The van der Waals surface area contributed by atoms with Gasteiger partial charge in [0.25, 0.3) is 0 Å². The summed E-state index contributed by atoms with van der Waals surface area (Å²) in [4.78, 5) is 25.0. The number of anilines is 1. The van der Waals surface area contributed by atoms with Crippen LogP contribution in [-0.2, 0) is 29.8 Å². The number of imidazole rings is 1. The fraction of sp³-hybridized carbons (Fsp3) is 0.487. The van der Waals surface area contributed by atoms with E-state index in [1.54, 1.807) is 18.2 Å². The molecule has 4 aromatic rings. The number of carbonyl (C=O) groups is 1. The van der Waals surface area contributed by atoms with Gasteiger partial charge in [-0.15, -0.1) is 6.42 Å². The van der Waals surface area contributed by atoms with Crippen molar-refractivity contribution in [1.82, 2.24) is 24.6 Å². The first-order valence-electron chi connectivity index (χ1n) is 18.8. The highest BCUT2D eigenvalue weighted by atomic mass is 31.2. The number of nitrogen functional groups attached to an aromatic ring is 1. The van der Waals surface area contributed by atoms with Crippen LogP contribution >= 0.6 is 7.75 Å². The van der Waals surface area contributed by atoms with Gasteiger partial charge in [-0.25, -0.2) is 18.3 Å². The van der Waals surface area contributed by atoms with E-state index in [4.69, 9.17) is 30.7 Å². The number of halogens is 3. The largest absolute Gasteiger partial charge is 0.465 e. The summed E-state index contributed by atoms with van der Waals surface area (Å²) in [6.45, 7) is 1.50. The summed E-state index contributed by atoms with van der Waals surface area (Å²) in [5.41, 5.74) is 3.98. The Balaban J connectivity index is 1.31. The summed E-state index contributed by atoms with van der Waals surface area (Å²) in [6.07, 6.45) is 13.8. The molecule has 56 heavy (non-hydrogen) atoms. The van der Waals surface area contributed by atoms with E-state index < -0.39 is 62.0 Å². The van der Waals surface area contributed by atoms with Crippen molar-refractivity contribution in [2.24, 2.45) is 0 Å². The zero-order valence-corrected chi connectivity index (χ0v) is 32.1. The molecule has 13 nitrogen and oxygen atoms in total. The Bertz CT molecular complexity index is 1980. The Morgan fingerprint density at radius 3 is 2.39 bits per heavy atom. The highest BCUT2D eigenvalue weighted by molar-refractivity contribution is 7.52. The van der Waals surface area contributed by atoms with E-state index in [1.807, 2.05) is 0 Å². The zero-order chi connectivity index (χ0) is 40.1. The molecule has 3 heterocycles. The smallest absolute Gasteiger partial charge is 0.459 e. The van der Waals surface area contributed by atoms with E-state index in [2.05, 4.69) is 32.9 Å². The van der Waals surface area contributed by atoms with Gasteiger partial charge in [0.05, 0.1) is 12.9 Å². The fourth-order valence-electron chi connectivity index (χ4n) is 6.44. The molecule has 1 aliphatic rings. The number of aromatic nitrogens is 4. The predicted molar refractivity (Wildman–Crippen MR) is 202 cm³/mol. The van der Waals surface area contributed by atoms with Gasteiger partial charge in [-0.2, -0.15) is 19.4 Å². The van der Waals surface area contributed by atoms with Crippen LogP contribution in [0.4, 0.5) is 19.0 Å². The number of carbonyl (C=O) groups excluding carboxylic acids is 1. The number of nitrogens with one attached hydrogen (secondary N) is 1. The van der Waals surface area contributed by atoms with Crippen LogP contribution in [0.15, 0.2) is 54.9 Å². The third kappa shape index (κ3) is 11.5. The molecule has 4 N–H and O–H groups in total. The molecule has 302 valence electrons. The van der Waals surface area contributed by atoms with Crippen molar-refractivity contribution in [2.75, 3.05) is 18.9 Å². The standard InChI is InChI=1S/C39H48F3N6O7P/c1-3-5-6-7-8-9-10-11-12-16-19-52-37(50)31(22-27-20-28(40)23-29(41)21-27)47-56(51,55-30-17-14-13-15-18-30)53-25-39(4-2)32(49)24-33(54-39)48-26-44-34-35(43)45-38(42)46-36(34)48/h2,13-15,17-18,20-21,23,26,31-33,49H,3,5-12,16,19,22,24-25H2,1H3,(H,47,51)(H2,43,45,46)/t31-,32-,33+,39+,56?/m0/s1. The first-order valence-corrected chi connectivity index (χ1v) is 20.4. The van der Waals surface area contributed by atoms with Crippen molar-refractivity contribution in [3.8, 4) is 18.1 Å². The van der Waals surface area contributed by atoms with Gasteiger partial charge in [0.2, 0.25) is 0 Å². The molecule has 1 fully saturated rings. The Labute approximate surface area is 324 Å². The van der Waals surface area contributed by atoms with Crippen LogP contribution in [0.5, 0.6) is 5.75 Å². The van der Waals surface area contributed by atoms with Crippen LogP contribution in [0.2, 0.25) is 0 Å². The fourth-order valence-corrected chi connectivity index (χ4v) is 7.95. The zero-order valence-electron chi connectivity index (χ0n) is 31.2. The number of hydrogen-bond donors (Lipinski definition) is 3. The number of nitrogens with two attached hydrogens (primary N) is 1. The highest BCUT2D eigenvalue weighted by Gasteiger charge is 2.50. The number of benzene rings is 2. The molecule has 2 aromatic carbocycles. The summed E-state index contributed by atoms with van der Waals surface area (Å²) in [5.74, 6) is -0.380. The molecule has 17 heteroatoms. The SMILES string of the molecule is C#C[C@]1(COP(=O)(N[C@@H](Cc2cc(F)cc(F)c2)C(=O)OCCCCCCCCCCCC)Oc2ccccc2)O[C@@H](n2cnc3c(N)nc(F)nc32)C[C@@H]1O. The number of unbranched alkanes of at least 4 members (excludes halogenated alkanes) is 9. The number of rotatable bonds is 22. The number of ether oxygens (including phenoxy) is 2. The summed E-state index contributed by atoms with van der Waals surface area (Å²) in [7, 11) is -4.68. The van der Waals surface area contributed by atoms with Crippen molar-refractivity contribution >= 4 is 30.7 Å². The van der Waals surface area contributed by atoms with Crippen molar-refractivity contribution < 1.29 is 46.2 Å². The lowest BCUT2D eigenvalue weighted by molar-refractivity contribution is -0.146. The molecule has 1 aliphatic heterocycles. The van der Waals surface area contributed by atoms with E-state index in [-0.39, 0.29) is 47.7 Å². The van der Waals surface area contributed by atoms with Crippen molar-refractivity contribution in [1.29, 1.82) is 0 Å². The average Bonchev–Trinajstić information content (AvgIpc) is 3.73. The Morgan fingerprint density at radius 2 is 1.73 bits per heavy atom. The molecule has 0 spiro atoms. The number of terminal acetylenes is 1. The maximum absolute atomic E-state index is 14.7. The quantitative estimate of drug-likeness (QED) is 0.0238. The maximum Gasteiger partial charge on any atom is 0.459 e. The molecule has 0 amide bonds. The first-order chi connectivity index (χ1) is 26.9. The molecule has 0 radical (unpaired) electrons. The summed E-state index contributed by atoms with van der Waals surface area (Å²) >= 11 is 0. The summed E-state index contributed by atoms with van der Waals surface area (Å²) in [5, 5.41) is 13.8. The van der Waals surface area contributed by atoms with Gasteiger partial charge in [0.1, 0.15) is 42.4 Å². The van der Waals surface area contributed by atoms with Gasteiger partial charge < -0.3 is 24.8 Å². The minimum Gasteiger partial charge on any atom is -0.465 e. The normalized spacial score (nSPS) is 19.7. The van der Waals surface area contributed by atoms with E-state index in [0.717, 1.165) is 37.8 Å². The van der Waals surface area contributed by atoms with Gasteiger partial charge >= 0.3 is 19.8 Å². The lowest BCUT2D eigenvalue weighted by Gasteiger charge is -2.30. The molecule has 0 aliphatic carbocycles. The Morgan fingerprint density at radius 1 is 1.07 bits per heavy atom. The number of hydrogen-bond acceptors (Lipinski definition) is 11. The van der Waals surface area contributed by atoms with Crippen LogP contribution in [0.3, 0.4) is 0 Å². The maximum atomic E-state index is 14.7. The summed E-state index contributed by atoms with van der Waals surface area (Å²) < 4.78 is 81.9. The van der Waals surface area contributed by atoms with Crippen molar-refractivity contribution in [2.45, 2.75) is 108 Å². The van der Waals surface area contributed by atoms with Crippen molar-refractivity contribution in [3.05, 3.63) is 78.1 Å². The monoisotopic (exact) mass is 800 g/mol. The van der Waals surface area contributed by atoms with Crippen molar-refractivity contribution in [3.63, 3.8) is 0 Å². The molecule has 5 rings (SSSR count). The van der Waals surface area contributed by atoms with E-state index in [1.165, 1.54) is 55.1 Å². The third-order valence-electron chi connectivity index (χ3n) is 9.41. The average molecular weight is 801 g/mol. The molecule has 0 bridgehead atoms. The molecule has 5 atom stereocenters. The lowest BCUT2D eigenvalue weighted by atomic mass is 9.99. The number of esters is 1. The van der Waals surface area contributed by atoms with Crippen LogP contribution < -0.4 is 15.3 Å². The molecule has 1 unspecified atom stereocenters. The second-order valence-corrected chi connectivity index (χ2v) is 15.4. The molecular formula is C39H48F3N6O7P. The highest BCUT2D eigenvalue weighted by Crippen LogP contribution is 2.48. The molecule has 1 saturated heterocycles. The number of aliphatic hydroxyl groups excluding tert-OH is 1. The van der Waals surface area contributed by atoms with Crippen LogP contribution in [0.25, 0.3) is 11.2 Å². The van der Waals surface area contributed by atoms with Gasteiger partial charge in [0, 0.05) is 12.5 Å². The third-order valence-corrected chi connectivity index (χ3v) is 11.0. The predicted octanol–water partition coefficient (Wildman–Crippen LogP) is 7.35. The number of nitrogens with zero attached hydrogens (tertiary/aromatic N) is 4. The van der Waals surface area contributed by atoms with E-state index in [9.17, 15) is 27.6 Å². The molecule has 0 saturated carbocycles. The molecule has 2 aromatic heterocycles. The topological polar surface area (TPSA) is 173 Å². The lowest BCUT2D eigenvalue weighted by Crippen LogP contribution is -2.44. The van der Waals surface area contributed by atoms with Crippen LogP contribution in [-0.4, -0.2) is 61.6 Å². The van der Waals surface area contributed by atoms with Crippen LogP contribution in [0.1, 0.15) is 89.3 Å². The summed E-state index contributed by atoms with van der Waals surface area (Å²) in [6, 6.07) is 9.17. The van der Waals surface area contributed by atoms with Gasteiger partial charge in [-0.05, 0) is 42.7 Å². The van der Waals surface area contributed by atoms with Gasteiger partial charge in [-0.1, -0.05) is 88.8 Å². The number of aliphatic hydroxyl groups is 1. The number of fused-ring (bicyclic) bond motifs is 1. The van der Waals surface area contributed by atoms with Crippen LogP contribution in [0, 0.1) is 30.1 Å². The number of para-hydroxylation sites is 1. The minimum atomic E-state index is -4.68. The Hall–Kier alpha value is -4.52. The van der Waals surface area contributed by atoms with E-state index >= 15 is 0 Å².